The summed E-state index contributed by atoms with van der Waals surface area (Å²) in [5.74, 6) is -0.488. The topological polar surface area (TPSA) is 50.4 Å². The molecule has 0 saturated heterocycles. The van der Waals surface area contributed by atoms with Crippen molar-refractivity contribution in [3.63, 3.8) is 0 Å². The van der Waals surface area contributed by atoms with Crippen LogP contribution in [0.5, 0.6) is 0 Å². The largest absolute Gasteiger partial charge is 0.465 e. The fourth-order valence-corrected chi connectivity index (χ4v) is 2.41. The van der Waals surface area contributed by atoms with Crippen LogP contribution >= 0.6 is 23.8 Å². The number of anilines is 1. The molecule has 0 bridgehead atoms. The van der Waals surface area contributed by atoms with Crippen molar-refractivity contribution < 1.29 is 9.53 Å². The lowest BCUT2D eigenvalue weighted by molar-refractivity contribution is 0.0601. The summed E-state index contributed by atoms with van der Waals surface area (Å²) in [5.41, 5.74) is 3.32. The van der Waals surface area contributed by atoms with Crippen molar-refractivity contribution in [2.24, 2.45) is 0 Å². The van der Waals surface area contributed by atoms with Crippen molar-refractivity contribution in [1.82, 2.24) is 5.32 Å². The minimum absolute atomic E-state index is 0.292. The van der Waals surface area contributed by atoms with Gasteiger partial charge in [0.2, 0.25) is 0 Å². The van der Waals surface area contributed by atoms with E-state index in [1.807, 2.05) is 18.2 Å². The van der Waals surface area contributed by atoms with Crippen LogP contribution in [0.1, 0.15) is 21.5 Å². The summed E-state index contributed by atoms with van der Waals surface area (Å²) in [6.07, 6.45) is 0. The van der Waals surface area contributed by atoms with Gasteiger partial charge in [0.25, 0.3) is 0 Å². The predicted molar refractivity (Wildman–Crippen MR) is 97.0 cm³/mol. The lowest BCUT2D eigenvalue weighted by Crippen LogP contribution is -2.28. The average Bonchev–Trinajstić information content (AvgIpc) is 2.55. The molecule has 0 aliphatic carbocycles. The monoisotopic (exact) mass is 348 g/mol. The summed E-state index contributed by atoms with van der Waals surface area (Å²) in [6, 6.07) is 13.1. The average molecular weight is 349 g/mol. The van der Waals surface area contributed by atoms with E-state index in [2.05, 4.69) is 23.6 Å². The van der Waals surface area contributed by atoms with E-state index < -0.39 is 5.97 Å². The van der Waals surface area contributed by atoms with E-state index in [-0.39, 0.29) is 0 Å². The minimum atomic E-state index is -0.488. The van der Waals surface area contributed by atoms with Gasteiger partial charge in [0, 0.05) is 12.2 Å². The molecule has 2 aromatic rings. The van der Waals surface area contributed by atoms with Crippen molar-refractivity contribution in [3.8, 4) is 0 Å². The van der Waals surface area contributed by atoms with Crippen molar-refractivity contribution in [2.45, 2.75) is 13.5 Å². The molecule has 0 radical (unpaired) electrons. The maximum atomic E-state index is 11.6. The number of nitrogens with one attached hydrogen (secondary N) is 2. The predicted octanol–water partition coefficient (Wildman–Crippen LogP) is 3.92. The van der Waals surface area contributed by atoms with E-state index in [1.165, 1.54) is 18.2 Å². The molecule has 2 aromatic carbocycles. The van der Waals surface area contributed by atoms with Gasteiger partial charge in [-0.15, -0.1) is 0 Å². The van der Waals surface area contributed by atoms with Crippen LogP contribution in [0.2, 0.25) is 5.02 Å². The number of benzene rings is 2. The van der Waals surface area contributed by atoms with Gasteiger partial charge in [-0.1, -0.05) is 35.9 Å². The van der Waals surface area contributed by atoms with Crippen LogP contribution in [-0.4, -0.2) is 18.2 Å². The number of rotatable bonds is 4. The van der Waals surface area contributed by atoms with Gasteiger partial charge in [-0.3, -0.25) is 0 Å². The van der Waals surface area contributed by atoms with Gasteiger partial charge in [0.15, 0.2) is 5.11 Å². The first-order valence-electron chi connectivity index (χ1n) is 6.98. The van der Waals surface area contributed by atoms with Gasteiger partial charge in [-0.05, 0) is 48.5 Å². The van der Waals surface area contributed by atoms with Crippen molar-refractivity contribution in [2.75, 3.05) is 12.4 Å². The van der Waals surface area contributed by atoms with Crippen molar-refractivity contribution >= 4 is 40.6 Å². The minimum Gasteiger partial charge on any atom is -0.465 e. The zero-order valence-corrected chi connectivity index (χ0v) is 14.4. The molecular weight excluding hydrogens is 332 g/mol. The van der Waals surface area contributed by atoms with Gasteiger partial charge in [-0.25, -0.2) is 4.79 Å². The third kappa shape index (κ3) is 4.68. The van der Waals surface area contributed by atoms with Crippen LogP contribution < -0.4 is 10.6 Å². The number of hydrogen-bond acceptors (Lipinski definition) is 3. The molecule has 6 heteroatoms. The van der Waals surface area contributed by atoms with E-state index in [0.29, 0.717) is 27.9 Å². The second-order valence-electron chi connectivity index (χ2n) is 4.92. The molecular formula is C17H17ClN2O2S. The Morgan fingerprint density at radius 2 is 2.00 bits per heavy atom. The zero-order chi connectivity index (χ0) is 16.8. The Kier molecular flexibility index (Phi) is 5.96. The number of ether oxygens (including phenoxy) is 1. The molecule has 120 valence electrons. The standard InChI is InChI=1S/C17H17ClN2O2S/c1-11-5-3-4-6-12(11)10-19-17(23)20-13-7-8-15(18)14(9-13)16(21)22-2/h3-9H,10H2,1-2H3,(H2,19,20,23). The molecule has 0 saturated carbocycles. The lowest BCUT2D eigenvalue weighted by atomic mass is 10.1. The molecule has 0 atom stereocenters. The number of carbonyl (C=O) groups excluding carboxylic acids is 1. The normalized spacial score (nSPS) is 10.0. The second-order valence-corrected chi connectivity index (χ2v) is 5.74. The van der Waals surface area contributed by atoms with Crippen molar-refractivity contribution in [1.29, 1.82) is 0 Å². The molecule has 2 N–H and O–H groups in total. The Balaban J connectivity index is 2.00. The molecule has 0 amide bonds. The number of halogens is 1. The molecule has 0 heterocycles. The molecule has 2 rings (SSSR count). The Morgan fingerprint density at radius 3 is 2.70 bits per heavy atom. The second kappa shape index (κ2) is 7.94. The van der Waals surface area contributed by atoms with E-state index in [9.17, 15) is 4.79 Å². The third-order valence-electron chi connectivity index (χ3n) is 3.33. The number of thiocarbonyl (C=S) groups is 1. The first-order valence-corrected chi connectivity index (χ1v) is 7.77. The molecule has 0 fully saturated rings. The van der Waals surface area contributed by atoms with Crippen LogP contribution in [0.25, 0.3) is 0 Å². The highest BCUT2D eigenvalue weighted by Crippen LogP contribution is 2.21. The van der Waals surface area contributed by atoms with E-state index in [1.54, 1.807) is 18.2 Å². The molecule has 0 aliphatic rings. The summed E-state index contributed by atoms with van der Waals surface area (Å²) in [6.45, 7) is 2.67. The number of hydrogen-bond donors (Lipinski definition) is 2. The Bertz CT molecular complexity index is 734. The summed E-state index contributed by atoms with van der Waals surface area (Å²) >= 11 is 11.3. The zero-order valence-electron chi connectivity index (χ0n) is 12.9. The Labute approximate surface area is 145 Å². The molecule has 0 unspecified atom stereocenters. The van der Waals surface area contributed by atoms with Crippen LogP contribution in [0.3, 0.4) is 0 Å². The maximum Gasteiger partial charge on any atom is 0.339 e. The smallest absolute Gasteiger partial charge is 0.339 e. The van der Waals surface area contributed by atoms with Crippen LogP contribution in [0.4, 0.5) is 5.69 Å². The van der Waals surface area contributed by atoms with Gasteiger partial charge in [-0.2, -0.15) is 0 Å². The van der Waals surface area contributed by atoms with Crippen LogP contribution in [0, 0.1) is 6.92 Å². The number of esters is 1. The quantitative estimate of drug-likeness (QED) is 0.648. The summed E-state index contributed by atoms with van der Waals surface area (Å²) in [4.78, 5) is 11.6. The lowest BCUT2D eigenvalue weighted by Gasteiger charge is -2.13. The summed E-state index contributed by atoms with van der Waals surface area (Å²) < 4.78 is 4.70. The highest BCUT2D eigenvalue weighted by Gasteiger charge is 2.11. The Morgan fingerprint density at radius 1 is 1.26 bits per heavy atom. The Hall–Kier alpha value is -2.11. The van der Waals surface area contributed by atoms with Crippen molar-refractivity contribution in [3.05, 3.63) is 64.2 Å². The van der Waals surface area contributed by atoms with Gasteiger partial charge in [0.05, 0.1) is 17.7 Å². The fraction of sp³-hybridized carbons (Fsp3) is 0.176. The molecule has 0 aliphatic heterocycles. The highest BCUT2D eigenvalue weighted by molar-refractivity contribution is 7.80. The van der Waals surface area contributed by atoms with E-state index in [4.69, 9.17) is 28.6 Å². The van der Waals surface area contributed by atoms with E-state index >= 15 is 0 Å². The number of carbonyl (C=O) groups is 1. The first kappa shape index (κ1) is 17.2. The van der Waals surface area contributed by atoms with Crippen LogP contribution in [-0.2, 0) is 11.3 Å². The van der Waals surface area contributed by atoms with Gasteiger partial charge >= 0.3 is 5.97 Å². The fourth-order valence-electron chi connectivity index (χ4n) is 2.03. The molecule has 4 nitrogen and oxygen atoms in total. The van der Waals surface area contributed by atoms with Gasteiger partial charge in [0.1, 0.15) is 0 Å². The maximum absolute atomic E-state index is 11.6. The molecule has 0 spiro atoms. The number of aryl methyl sites for hydroxylation is 1. The molecule has 0 aromatic heterocycles. The van der Waals surface area contributed by atoms with E-state index in [0.717, 1.165) is 0 Å². The van der Waals surface area contributed by atoms with Crippen LogP contribution in [0.15, 0.2) is 42.5 Å². The SMILES string of the molecule is COC(=O)c1cc(NC(=S)NCc2ccccc2C)ccc1Cl. The summed E-state index contributed by atoms with van der Waals surface area (Å²) in [5, 5.41) is 6.97. The number of methoxy groups -OCH3 is 1. The first-order chi connectivity index (χ1) is 11.0. The molecule has 23 heavy (non-hydrogen) atoms. The summed E-state index contributed by atoms with van der Waals surface area (Å²) in [7, 11) is 1.31. The third-order valence-corrected chi connectivity index (χ3v) is 3.91. The van der Waals surface area contributed by atoms with Gasteiger partial charge < -0.3 is 15.4 Å². The highest BCUT2D eigenvalue weighted by atomic mass is 35.5.